The van der Waals surface area contributed by atoms with Crippen LogP contribution in [-0.2, 0) is 4.74 Å². The quantitative estimate of drug-likeness (QED) is 0.471. The molecule has 1 fully saturated rings. The normalized spacial score (nSPS) is 23.7. The minimum atomic E-state index is -1.11. The topological polar surface area (TPSA) is 97.0 Å². The Morgan fingerprint density at radius 2 is 1.83 bits per heavy atom. The summed E-state index contributed by atoms with van der Waals surface area (Å²) in [5.74, 6) is 1.26. The number of nitrogens with two attached hydrogens (primary N) is 1. The lowest BCUT2D eigenvalue weighted by Crippen LogP contribution is -2.62. The number of benzene rings is 2. The lowest BCUT2D eigenvalue weighted by Gasteiger charge is -2.44. The molecule has 4 atom stereocenters. The molecular formula is C24H34N2O4. The Kier molecular flexibility index (Phi) is 7.86. The summed E-state index contributed by atoms with van der Waals surface area (Å²) >= 11 is 0. The highest BCUT2D eigenvalue weighted by Gasteiger charge is 2.45. The van der Waals surface area contributed by atoms with Crippen LogP contribution in [-0.4, -0.2) is 48.3 Å². The Morgan fingerprint density at radius 3 is 2.53 bits per heavy atom. The molecule has 1 saturated heterocycles. The molecule has 1 aliphatic rings. The number of nitrogens with one attached hydrogen (secondary N) is 1. The Labute approximate surface area is 179 Å². The molecular weight excluding hydrogens is 380 g/mol. The molecule has 0 spiro atoms. The molecule has 0 radical (unpaired) electrons. The van der Waals surface area contributed by atoms with Crippen LogP contribution in [0.4, 0.5) is 0 Å². The molecule has 2 aromatic carbocycles. The molecule has 1 heterocycles. The van der Waals surface area contributed by atoms with Crippen LogP contribution >= 0.6 is 0 Å². The zero-order valence-electron chi connectivity index (χ0n) is 17.9. The fourth-order valence-corrected chi connectivity index (χ4v) is 4.25. The third-order valence-corrected chi connectivity index (χ3v) is 6.11. The van der Waals surface area contributed by atoms with Crippen LogP contribution in [0.3, 0.4) is 0 Å². The lowest BCUT2D eigenvalue weighted by atomic mass is 9.72. The average Bonchev–Trinajstić information content (AvgIpc) is 2.75. The first-order chi connectivity index (χ1) is 14.5. The average molecular weight is 415 g/mol. The van der Waals surface area contributed by atoms with Crippen LogP contribution < -0.4 is 15.8 Å². The van der Waals surface area contributed by atoms with E-state index in [4.69, 9.17) is 15.2 Å². The molecule has 0 bridgehead atoms. The van der Waals surface area contributed by atoms with E-state index in [-0.39, 0.29) is 12.0 Å². The second-order valence-corrected chi connectivity index (χ2v) is 8.14. The van der Waals surface area contributed by atoms with Gasteiger partial charge in [0, 0.05) is 31.2 Å². The summed E-state index contributed by atoms with van der Waals surface area (Å²) in [4.78, 5) is 0. The van der Waals surface area contributed by atoms with Crippen LogP contribution in [0.5, 0.6) is 11.5 Å². The molecule has 0 aliphatic carbocycles. The fourth-order valence-electron chi connectivity index (χ4n) is 4.25. The van der Waals surface area contributed by atoms with E-state index in [1.165, 1.54) is 7.11 Å². The number of aliphatic hydroxyl groups is 2. The van der Waals surface area contributed by atoms with Crippen LogP contribution in [0.25, 0.3) is 0 Å². The predicted molar refractivity (Wildman–Crippen MR) is 118 cm³/mol. The fraction of sp³-hybridized carbons (Fsp3) is 0.500. The van der Waals surface area contributed by atoms with Crippen molar-refractivity contribution in [1.82, 2.24) is 5.32 Å². The van der Waals surface area contributed by atoms with Gasteiger partial charge in [-0.2, -0.15) is 0 Å². The number of hydrogen-bond donors (Lipinski definition) is 4. The van der Waals surface area contributed by atoms with E-state index in [2.05, 4.69) is 5.32 Å². The predicted octanol–water partition coefficient (Wildman–Crippen LogP) is 3.06. The van der Waals surface area contributed by atoms with E-state index >= 15 is 0 Å². The van der Waals surface area contributed by atoms with Crippen molar-refractivity contribution in [2.45, 2.75) is 56.5 Å². The smallest absolute Gasteiger partial charge is 0.154 e. The summed E-state index contributed by atoms with van der Waals surface area (Å²) in [5, 5.41) is 24.8. The van der Waals surface area contributed by atoms with Crippen LogP contribution in [0, 0.1) is 6.92 Å². The number of methoxy groups -OCH3 is 1. The van der Waals surface area contributed by atoms with Gasteiger partial charge in [-0.15, -0.1) is 0 Å². The molecule has 30 heavy (non-hydrogen) atoms. The lowest BCUT2D eigenvalue weighted by molar-refractivity contribution is -0.0817. The molecule has 6 heteroatoms. The molecule has 1 aliphatic heterocycles. The first kappa shape index (κ1) is 22.7. The molecule has 6 nitrogen and oxygen atoms in total. The Morgan fingerprint density at radius 1 is 1.13 bits per heavy atom. The van der Waals surface area contributed by atoms with Crippen LogP contribution in [0.1, 0.15) is 42.7 Å². The van der Waals surface area contributed by atoms with Crippen molar-refractivity contribution in [3.8, 4) is 11.5 Å². The highest BCUT2D eigenvalue weighted by atomic mass is 16.6. The summed E-state index contributed by atoms with van der Waals surface area (Å²) < 4.78 is 11.3. The molecule has 5 N–H and O–H groups in total. The van der Waals surface area contributed by atoms with Crippen molar-refractivity contribution in [2.24, 2.45) is 5.73 Å². The standard InChI is InChI=1S/C24H34N2O4/c1-17-8-3-5-11-20(17)30-21-12-6-4-9-18(21)19(10-7-13-23(27)29-2)24(28)16-26-15-14-22(24)25/h3-6,8-9,11-12,19,22-23,26-28H,7,10,13-16,25H2,1-2H3. The maximum absolute atomic E-state index is 11.7. The zero-order valence-corrected chi connectivity index (χ0v) is 17.9. The Bertz CT molecular complexity index is 815. The van der Waals surface area contributed by atoms with Crippen molar-refractivity contribution >= 4 is 0 Å². The number of aryl methyl sites for hydroxylation is 1. The van der Waals surface area contributed by atoms with E-state index in [9.17, 15) is 10.2 Å². The Balaban J connectivity index is 1.93. The molecule has 0 amide bonds. The summed E-state index contributed by atoms with van der Waals surface area (Å²) in [5.41, 5.74) is 7.29. The van der Waals surface area contributed by atoms with Gasteiger partial charge in [0.15, 0.2) is 6.29 Å². The van der Waals surface area contributed by atoms with Gasteiger partial charge in [0.25, 0.3) is 0 Å². The highest BCUT2D eigenvalue weighted by molar-refractivity contribution is 5.43. The van der Waals surface area contributed by atoms with Crippen molar-refractivity contribution in [3.63, 3.8) is 0 Å². The molecule has 164 valence electrons. The highest BCUT2D eigenvalue weighted by Crippen LogP contribution is 2.42. The van der Waals surface area contributed by atoms with Gasteiger partial charge in [0.05, 0.1) is 5.60 Å². The summed E-state index contributed by atoms with van der Waals surface area (Å²) in [7, 11) is 1.49. The first-order valence-corrected chi connectivity index (χ1v) is 10.7. The van der Waals surface area contributed by atoms with Gasteiger partial charge in [-0.25, -0.2) is 0 Å². The van der Waals surface area contributed by atoms with Gasteiger partial charge in [-0.3, -0.25) is 0 Å². The van der Waals surface area contributed by atoms with Gasteiger partial charge in [0.1, 0.15) is 11.5 Å². The van der Waals surface area contributed by atoms with E-state index < -0.39 is 11.9 Å². The molecule has 4 unspecified atom stereocenters. The van der Waals surface area contributed by atoms with Crippen molar-refractivity contribution in [1.29, 1.82) is 0 Å². The number of hydrogen-bond acceptors (Lipinski definition) is 6. The number of rotatable bonds is 9. The van der Waals surface area contributed by atoms with Gasteiger partial charge < -0.3 is 30.7 Å². The molecule has 0 saturated carbocycles. The number of ether oxygens (including phenoxy) is 2. The first-order valence-electron chi connectivity index (χ1n) is 10.7. The molecule has 2 aromatic rings. The van der Waals surface area contributed by atoms with Gasteiger partial charge in [-0.05, 0) is 56.8 Å². The van der Waals surface area contributed by atoms with E-state index in [1.807, 2.05) is 55.5 Å². The van der Waals surface area contributed by atoms with Crippen molar-refractivity contribution in [3.05, 3.63) is 59.7 Å². The maximum atomic E-state index is 11.7. The number of piperidine rings is 1. The largest absolute Gasteiger partial charge is 0.457 e. The maximum Gasteiger partial charge on any atom is 0.154 e. The van der Waals surface area contributed by atoms with E-state index in [1.54, 1.807) is 0 Å². The summed E-state index contributed by atoms with van der Waals surface area (Å²) in [6.07, 6.45) is 1.73. The van der Waals surface area contributed by atoms with Crippen LogP contribution in [0.15, 0.2) is 48.5 Å². The molecule has 0 aromatic heterocycles. The van der Waals surface area contributed by atoms with Gasteiger partial charge >= 0.3 is 0 Å². The van der Waals surface area contributed by atoms with Crippen LogP contribution in [0.2, 0.25) is 0 Å². The number of aliphatic hydroxyl groups excluding tert-OH is 1. The third kappa shape index (κ3) is 5.20. The van der Waals surface area contributed by atoms with Gasteiger partial charge in [-0.1, -0.05) is 36.4 Å². The second-order valence-electron chi connectivity index (χ2n) is 8.14. The summed E-state index contributed by atoms with van der Waals surface area (Å²) in [6.45, 7) is 3.22. The number of para-hydroxylation sites is 2. The van der Waals surface area contributed by atoms with Gasteiger partial charge in [0.2, 0.25) is 0 Å². The zero-order chi connectivity index (χ0) is 21.6. The second kappa shape index (κ2) is 10.4. The summed E-state index contributed by atoms with van der Waals surface area (Å²) in [6, 6.07) is 15.4. The third-order valence-electron chi connectivity index (χ3n) is 6.11. The van der Waals surface area contributed by atoms with Crippen molar-refractivity contribution in [2.75, 3.05) is 20.2 Å². The minimum absolute atomic E-state index is 0.246. The minimum Gasteiger partial charge on any atom is -0.457 e. The SMILES string of the molecule is COC(O)CCCC(c1ccccc1Oc1ccccc1C)C1(O)CNCCC1N. The van der Waals surface area contributed by atoms with E-state index in [0.717, 1.165) is 29.2 Å². The van der Waals surface area contributed by atoms with Crippen molar-refractivity contribution < 1.29 is 19.7 Å². The Hall–Kier alpha value is -1.96. The number of β-amino-alcohol motifs (C(OH)–C–C–N with tert-alkyl or cyclic N) is 1. The molecule has 3 rings (SSSR count). The van der Waals surface area contributed by atoms with E-state index in [0.29, 0.717) is 32.2 Å². The monoisotopic (exact) mass is 414 g/mol.